The molecule has 0 spiro atoms. The summed E-state index contributed by atoms with van der Waals surface area (Å²) in [5.41, 5.74) is 4.01. The zero-order valence-corrected chi connectivity index (χ0v) is 15.9. The largest absolute Gasteiger partial charge is 0.325 e. The van der Waals surface area contributed by atoms with Crippen LogP contribution in [0.3, 0.4) is 0 Å². The number of nitrogens with one attached hydrogen (secondary N) is 1. The van der Waals surface area contributed by atoms with Crippen LogP contribution in [0.1, 0.15) is 43.7 Å². The van der Waals surface area contributed by atoms with E-state index < -0.39 is 0 Å². The molecule has 0 aliphatic heterocycles. The maximum atomic E-state index is 5.05. The molecule has 4 aromatic heterocycles. The molecule has 4 heterocycles. The molecule has 142 valence electrons. The van der Waals surface area contributed by atoms with E-state index in [1.165, 1.54) is 32.1 Å². The third-order valence-electron chi connectivity index (χ3n) is 5.45. The topological polar surface area (TPSA) is 72.9 Å². The molecule has 5 rings (SSSR count). The zero-order chi connectivity index (χ0) is 18.9. The van der Waals surface area contributed by atoms with Crippen LogP contribution in [0.15, 0.2) is 49.1 Å². The summed E-state index contributed by atoms with van der Waals surface area (Å²) in [7, 11) is 1.92. The fourth-order valence-electron chi connectivity index (χ4n) is 4.01. The van der Waals surface area contributed by atoms with E-state index in [4.69, 9.17) is 4.98 Å². The summed E-state index contributed by atoms with van der Waals surface area (Å²) < 4.78 is 3.67. The van der Waals surface area contributed by atoms with Gasteiger partial charge in [0, 0.05) is 48.2 Å². The summed E-state index contributed by atoms with van der Waals surface area (Å²) in [5.74, 6) is 2.18. The molecule has 7 nitrogen and oxygen atoms in total. The highest BCUT2D eigenvalue weighted by atomic mass is 15.3. The Hall–Kier alpha value is -3.22. The van der Waals surface area contributed by atoms with E-state index in [1.54, 1.807) is 10.9 Å². The Morgan fingerprint density at radius 3 is 2.71 bits per heavy atom. The molecule has 1 aliphatic carbocycles. The maximum Gasteiger partial charge on any atom is 0.165 e. The molecule has 1 saturated carbocycles. The van der Waals surface area contributed by atoms with Crippen molar-refractivity contribution in [3.63, 3.8) is 0 Å². The van der Waals surface area contributed by atoms with Gasteiger partial charge in [-0.05, 0) is 25.0 Å². The van der Waals surface area contributed by atoms with E-state index in [9.17, 15) is 0 Å². The summed E-state index contributed by atoms with van der Waals surface area (Å²) >= 11 is 0. The summed E-state index contributed by atoms with van der Waals surface area (Å²) in [6.07, 6.45) is 13.8. The first-order valence-corrected chi connectivity index (χ1v) is 9.84. The Labute approximate surface area is 163 Å². The van der Waals surface area contributed by atoms with Gasteiger partial charge in [-0.1, -0.05) is 25.3 Å². The van der Waals surface area contributed by atoms with Crippen LogP contribution in [0, 0.1) is 0 Å². The van der Waals surface area contributed by atoms with Gasteiger partial charge in [0.25, 0.3) is 0 Å². The number of anilines is 2. The van der Waals surface area contributed by atoms with Crippen LogP contribution in [-0.2, 0) is 7.05 Å². The van der Waals surface area contributed by atoms with Gasteiger partial charge in [-0.2, -0.15) is 14.7 Å². The van der Waals surface area contributed by atoms with Gasteiger partial charge >= 0.3 is 0 Å². The van der Waals surface area contributed by atoms with E-state index in [0.717, 1.165) is 34.1 Å². The van der Waals surface area contributed by atoms with Gasteiger partial charge in [0.2, 0.25) is 0 Å². The minimum atomic E-state index is 0.500. The molecule has 28 heavy (non-hydrogen) atoms. The number of hydrogen-bond donors (Lipinski definition) is 1. The van der Waals surface area contributed by atoms with Crippen LogP contribution < -0.4 is 5.32 Å². The van der Waals surface area contributed by atoms with Gasteiger partial charge in [-0.25, -0.2) is 9.97 Å². The normalized spacial score (nSPS) is 15.2. The lowest BCUT2D eigenvalue weighted by Crippen LogP contribution is -2.10. The third kappa shape index (κ3) is 3.13. The Morgan fingerprint density at radius 1 is 1.07 bits per heavy atom. The average Bonchev–Trinajstić information content (AvgIpc) is 3.35. The molecule has 0 radical (unpaired) electrons. The highest BCUT2D eigenvalue weighted by Crippen LogP contribution is 2.35. The molecule has 0 atom stereocenters. The van der Waals surface area contributed by atoms with Crippen LogP contribution in [0.25, 0.3) is 16.8 Å². The molecule has 7 heteroatoms. The molecule has 1 fully saturated rings. The minimum absolute atomic E-state index is 0.500. The van der Waals surface area contributed by atoms with E-state index in [1.807, 2.05) is 48.4 Å². The molecule has 0 unspecified atom stereocenters. The van der Waals surface area contributed by atoms with E-state index >= 15 is 0 Å². The predicted octanol–water partition coefficient (Wildman–Crippen LogP) is 4.32. The fourth-order valence-corrected chi connectivity index (χ4v) is 4.01. The number of nitrogens with zero attached hydrogens (tertiary/aromatic N) is 6. The summed E-state index contributed by atoms with van der Waals surface area (Å²) in [6.45, 7) is 0. The van der Waals surface area contributed by atoms with Gasteiger partial charge in [-0.15, -0.1) is 0 Å². The zero-order valence-electron chi connectivity index (χ0n) is 15.9. The Morgan fingerprint density at radius 2 is 1.96 bits per heavy atom. The van der Waals surface area contributed by atoms with Crippen LogP contribution in [-0.4, -0.2) is 29.4 Å². The first-order valence-electron chi connectivity index (χ1n) is 9.84. The van der Waals surface area contributed by atoms with Gasteiger partial charge in [0.15, 0.2) is 5.65 Å². The molecule has 0 amide bonds. The number of aryl methyl sites for hydroxylation is 1. The van der Waals surface area contributed by atoms with Crippen molar-refractivity contribution >= 4 is 17.3 Å². The van der Waals surface area contributed by atoms with E-state index in [0.29, 0.717) is 5.92 Å². The molecule has 0 saturated heterocycles. The van der Waals surface area contributed by atoms with Gasteiger partial charge in [0.1, 0.15) is 11.6 Å². The molecule has 0 aromatic carbocycles. The Bertz CT molecular complexity index is 1090. The average molecular weight is 373 g/mol. The second-order valence-corrected chi connectivity index (χ2v) is 7.44. The number of hydrogen-bond acceptors (Lipinski definition) is 5. The second kappa shape index (κ2) is 7.07. The first kappa shape index (κ1) is 16.9. The fraction of sp³-hybridized carbons (Fsp3) is 0.333. The monoisotopic (exact) mass is 373 g/mol. The van der Waals surface area contributed by atoms with Crippen molar-refractivity contribution < 1.29 is 0 Å². The maximum absolute atomic E-state index is 5.05. The van der Waals surface area contributed by atoms with Crippen molar-refractivity contribution in [2.45, 2.75) is 38.0 Å². The van der Waals surface area contributed by atoms with E-state index in [-0.39, 0.29) is 0 Å². The van der Waals surface area contributed by atoms with Crippen molar-refractivity contribution in [2.75, 3.05) is 5.32 Å². The summed E-state index contributed by atoms with van der Waals surface area (Å²) in [5, 5.41) is 12.3. The predicted molar refractivity (Wildman–Crippen MR) is 109 cm³/mol. The number of rotatable bonds is 4. The van der Waals surface area contributed by atoms with Crippen molar-refractivity contribution in [3.05, 3.63) is 54.7 Å². The second-order valence-electron chi connectivity index (χ2n) is 7.44. The van der Waals surface area contributed by atoms with Crippen LogP contribution >= 0.6 is 0 Å². The van der Waals surface area contributed by atoms with Crippen molar-refractivity contribution in [1.29, 1.82) is 0 Å². The van der Waals surface area contributed by atoms with Gasteiger partial charge < -0.3 is 5.32 Å². The Kier molecular flexibility index (Phi) is 4.27. The molecular formula is C21H23N7. The summed E-state index contributed by atoms with van der Waals surface area (Å²) in [6, 6.07) is 7.98. The standard InChI is InChI=1S/C21H23N7/c1-27-14-16(12-23-27)17-13-24-28-20(26-19-9-5-6-10-22-19)11-18(25-21(17)28)15-7-3-2-4-8-15/h5-6,9-15H,2-4,7-8H2,1H3,(H,22,26). The SMILES string of the molecule is Cn1cc(-c2cnn3c(Nc4ccccn4)cc(C4CCCCC4)nc23)cn1. The van der Waals surface area contributed by atoms with Crippen molar-refractivity contribution in [1.82, 2.24) is 29.4 Å². The summed E-state index contributed by atoms with van der Waals surface area (Å²) in [4.78, 5) is 9.46. The Balaban J connectivity index is 1.65. The molecule has 4 aromatic rings. The van der Waals surface area contributed by atoms with Crippen molar-refractivity contribution in [2.24, 2.45) is 7.05 Å². The highest BCUT2D eigenvalue weighted by Gasteiger charge is 2.21. The lowest BCUT2D eigenvalue weighted by molar-refractivity contribution is 0.437. The lowest BCUT2D eigenvalue weighted by Gasteiger charge is -2.22. The molecule has 0 bridgehead atoms. The number of pyridine rings is 1. The third-order valence-corrected chi connectivity index (χ3v) is 5.45. The van der Waals surface area contributed by atoms with Crippen LogP contribution in [0.5, 0.6) is 0 Å². The molecule has 1 aliphatic rings. The van der Waals surface area contributed by atoms with E-state index in [2.05, 4.69) is 26.6 Å². The number of aromatic nitrogens is 6. The quantitative estimate of drug-likeness (QED) is 0.577. The first-order chi connectivity index (χ1) is 13.8. The van der Waals surface area contributed by atoms with Crippen LogP contribution in [0.2, 0.25) is 0 Å². The number of fused-ring (bicyclic) bond motifs is 1. The molecule has 1 N–H and O–H groups in total. The van der Waals surface area contributed by atoms with Gasteiger partial charge in [0.05, 0.1) is 12.4 Å². The lowest BCUT2D eigenvalue weighted by atomic mass is 9.87. The molecular weight excluding hydrogens is 350 g/mol. The van der Waals surface area contributed by atoms with Crippen LogP contribution in [0.4, 0.5) is 11.6 Å². The smallest absolute Gasteiger partial charge is 0.165 e. The highest BCUT2D eigenvalue weighted by molar-refractivity contribution is 5.78. The van der Waals surface area contributed by atoms with Crippen molar-refractivity contribution in [3.8, 4) is 11.1 Å². The van der Waals surface area contributed by atoms with Gasteiger partial charge in [-0.3, -0.25) is 4.68 Å². The minimum Gasteiger partial charge on any atom is -0.325 e.